The lowest BCUT2D eigenvalue weighted by Crippen LogP contribution is -2.25. The van der Waals surface area contributed by atoms with Crippen molar-refractivity contribution >= 4 is 16.0 Å². The highest BCUT2D eigenvalue weighted by molar-refractivity contribution is 7.89. The fourth-order valence-electron chi connectivity index (χ4n) is 1.32. The van der Waals surface area contributed by atoms with Gasteiger partial charge in [0.05, 0.1) is 12.0 Å². The third-order valence-electron chi connectivity index (χ3n) is 2.28. The minimum Gasteiger partial charge on any atom is -0.496 e. The van der Waals surface area contributed by atoms with E-state index in [0.717, 1.165) is 6.07 Å². The molecule has 0 aliphatic rings. The Labute approximate surface area is 111 Å². The largest absolute Gasteiger partial charge is 0.496 e. The molecule has 0 aliphatic carbocycles. The molecule has 1 aromatic rings. The Hall–Kier alpha value is -1.86. The minimum absolute atomic E-state index is 0.0940. The normalized spacial score (nSPS) is 11.1. The summed E-state index contributed by atoms with van der Waals surface area (Å²) in [6, 6.07) is 3.65. The maximum Gasteiger partial charge on any atom is 0.339 e. The topological polar surface area (TPSA) is 92.7 Å². The molecule has 0 aliphatic heterocycles. The summed E-state index contributed by atoms with van der Waals surface area (Å²) in [5, 5.41) is 9.00. The molecular weight excluding hydrogens is 270 g/mol. The maximum absolute atomic E-state index is 11.9. The fraction of sp³-hybridized carbons (Fsp3) is 0.250. The van der Waals surface area contributed by atoms with Crippen molar-refractivity contribution in [3.63, 3.8) is 0 Å². The highest BCUT2D eigenvalue weighted by atomic mass is 32.2. The van der Waals surface area contributed by atoms with E-state index >= 15 is 0 Å². The van der Waals surface area contributed by atoms with Crippen LogP contribution in [0.1, 0.15) is 17.3 Å². The lowest BCUT2D eigenvalue weighted by Gasteiger charge is -2.09. The molecule has 6 nitrogen and oxygen atoms in total. The van der Waals surface area contributed by atoms with Crippen molar-refractivity contribution in [3.05, 3.63) is 35.9 Å². The predicted molar refractivity (Wildman–Crippen MR) is 70.0 cm³/mol. The summed E-state index contributed by atoms with van der Waals surface area (Å²) in [6.45, 7) is 5.36. The fourth-order valence-corrected chi connectivity index (χ4v) is 2.45. The second-order valence-corrected chi connectivity index (χ2v) is 5.72. The van der Waals surface area contributed by atoms with E-state index in [1.807, 2.05) is 0 Å². The molecule has 19 heavy (non-hydrogen) atoms. The van der Waals surface area contributed by atoms with Gasteiger partial charge >= 0.3 is 5.97 Å². The molecule has 1 aromatic carbocycles. The first-order valence-corrected chi connectivity index (χ1v) is 6.81. The number of carbonyl (C=O) groups is 1. The SMILES string of the molecule is C=C(C)CNS(=O)(=O)c1ccc(OC)c(C(=O)O)c1. The van der Waals surface area contributed by atoms with E-state index in [0.29, 0.717) is 5.57 Å². The zero-order chi connectivity index (χ0) is 14.6. The van der Waals surface area contributed by atoms with Crippen LogP contribution in [0.2, 0.25) is 0 Å². The zero-order valence-electron chi connectivity index (χ0n) is 10.6. The number of rotatable bonds is 6. The summed E-state index contributed by atoms with van der Waals surface area (Å²) in [7, 11) is -2.45. The maximum atomic E-state index is 11.9. The van der Waals surface area contributed by atoms with Gasteiger partial charge in [-0.2, -0.15) is 0 Å². The van der Waals surface area contributed by atoms with E-state index in [4.69, 9.17) is 9.84 Å². The van der Waals surface area contributed by atoms with E-state index in [-0.39, 0.29) is 22.8 Å². The van der Waals surface area contributed by atoms with Gasteiger partial charge in [-0.05, 0) is 25.1 Å². The standard InChI is InChI=1S/C12H15NO5S/c1-8(2)7-13-19(16,17)9-4-5-11(18-3)10(6-9)12(14)15/h4-6,13H,1,7H2,2-3H3,(H,14,15). The van der Waals surface area contributed by atoms with Gasteiger partial charge in [0.1, 0.15) is 11.3 Å². The molecule has 0 aromatic heterocycles. The van der Waals surface area contributed by atoms with Gasteiger partial charge in [0.25, 0.3) is 0 Å². The lowest BCUT2D eigenvalue weighted by molar-refractivity contribution is 0.0693. The monoisotopic (exact) mass is 285 g/mol. The molecule has 104 valence electrons. The first-order chi connectivity index (χ1) is 8.77. The van der Waals surface area contributed by atoms with Crippen LogP contribution in [0.3, 0.4) is 0 Å². The molecule has 0 heterocycles. The summed E-state index contributed by atoms with van der Waals surface area (Å²) in [5.74, 6) is -1.15. The van der Waals surface area contributed by atoms with E-state index in [1.54, 1.807) is 6.92 Å². The van der Waals surface area contributed by atoms with Crippen LogP contribution < -0.4 is 9.46 Å². The number of aromatic carboxylic acids is 1. The molecule has 0 spiro atoms. The van der Waals surface area contributed by atoms with Gasteiger partial charge in [-0.25, -0.2) is 17.9 Å². The summed E-state index contributed by atoms with van der Waals surface area (Å²) in [4.78, 5) is 10.9. The van der Waals surface area contributed by atoms with Crippen LogP contribution in [0.15, 0.2) is 35.2 Å². The van der Waals surface area contributed by atoms with Gasteiger partial charge in [-0.3, -0.25) is 0 Å². The lowest BCUT2D eigenvalue weighted by atomic mass is 10.2. The molecule has 0 fully saturated rings. The Balaban J connectivity index is 3.18. The van der Waals surface area contributed by atoms with Gasteiger partial charge < -0.3 is 9.84 Å². The molecule has 0 saturated heterocycles. The third-order valence-corrected chi connectivity index (χ3v) is 3.67. The van der Waals surface area contributed by atoms with Crippen LogP contribution in [0.5, 0.6) is 5.75 Å². The van der Waals surface area contributed by atoms with Crippen LogP contribution in [0.25, 0.3) is 0 Å². The molecular formula is C12H15NO5S. The predicted octanol–water partition coefficient (Wildman–Crippen LogP) is 1.25. The van der Waals surface area contributed by atoms with Crippen molar-refractivity contribution in [2.75, 3.05) is 13.7 Å². The summed E-state index contributed by atoms with van der Waals surface area (Å²) >= 11 is 0. The van der Waals surface area contributed by atoms with Gasteiger partial charge in [-0.15, -0.1) is 0 Å². The zero-order valence-corrected chi connectivity index (χ0v) is 11.5. The number of methoxy groups -OCH3 is 1. The molecule has 7 heteroatoms. The summed E-state index contributed by atoms with van der Waals surface area (Å²) in [5.41, 5.74) is 0.441. The first kappa shape index (κ1) is 15.2. The van der Waals surface area contributed by atoms with Crippen LogP contribution in [0, 0.1) is 0 Å². The number of sulfonamides is 1. The van der Waals surface area contributed by atoms with Crippen molar-refractivity contribution in [1.29, 1.82) is 0 Å². The highest BCUT2D eigenvalue weighted by Gasteiger charge is 2.19. The van der Waals surface area contributed by atoms with Crippen molar-refractivity contribution in [1.82, 2.24) is 4.72 Å². The van der Waals surface area contributed by atoms with E-state index in [2.05, 4.69) is 11.3 Å². The average Bonchev–Trinajstić information content (AvgIpc) is 2.35. The van der Waals surface area contributed by atoms with Crippen LogP contribution in [-0.4, -0.2) is 33.1 Å². The Morgan fingerprint density at radius 3 is 2.58 bits per heavy atom. The molecule has 2 N–H and O–H groups in total. The molecule has 0 saturated carbocycles. The smallest absolute Gasteiger partial charge is 0.339 e. The average molecular weight is 285 g/mol. The number of nitrogens with one attached hydrogen (secondary N) is 1. The number of carboxylic acids is 1. The number of carboxylic acid groups (broad SMARTS) is 1. The minimum atomic E-state index is -3.77. The van der Waals surface area contributed by atoms with Gasteiger partial charge in [0.15, 0.2) is 0 Å². The molecule has 0 atom stereocenters. The quantitative estimate of drug-likeness (QED) is 0.767. The van der Waals surface area contributed by atoms with E-state index in [9.17, 15) is 13.2 Å². The molecule has 1 rings (SSSR count). The first-order valence-electron chi connectivity index (χ1n) is 5.33. The van der Waals surface area contributed by atoms with Crippen molar-refractivity contribution in [2.45, 2.75) is 11.8 Å². The Morgan fingerprint density at radius 1 is 1.47 bits per heavy atom. The van der Waals surface area contributed by atoms with Crippen LogP contribution >= 0.6 is 0 Å². The van der Waals surface area contributed by atoms with E-state index in [1.165, 1.54) is 19.2 Å². The molecule has 0 bridgehead atoms. The Morgan fingerprint density at radius 2 is 2.11 bits per heavy atom. The third kappa shape index (κ3) is 3.80. The molecule has 0 unspecified atom stereocenters. The van der Waals surface area contributed by atoms with Crippen LogP contribution in [-0.2, 0) is 10.0 Å². The van der Waals surface area contributed by atoms with E-state index < -0.39 is 16.0 Å². The highest BCUT2D eigenvalue weighted by Crippen LogP contribution is 2.22. The van der Waals surface area contributed by atoms with Gasteiger partial charge in [0.2, 0.25) is 10.0 Å². The van der Waals surface area contributed by atoms with Gasteiger partial charge in [-0.1, -0.05) is 12.2 Å². The number of hydrogen-bond donors (Lipinski definition) is 2. The second-order valence-electron chi connectivity index (χ2n) is 3.95. The Kier molecular flexibility index (Phi) is 4.68. The summed E-state index contributed by atoms with van der Waals surface area (Å²) in [6.07, 6.45) is 0. The number of hydrogen-bond acceptors (Lipinski definition) is 4. The second kappa shape index (κ2) is 5.85. The summed E-state index contributed by atoms with van der Waals surface area (Å²) < 4.78 is 31.0. The molecule has 0 radical (unpaired) electrons. The van der Waals surface area contributed by atoms with Gasteiger partial charge in [0, 0.05) is 6.54 Å². The van der Waals surface area contributed by atoms with Crippen molar-refractivity contribution in [2.24, 2.45) is 0 Å². The Bertz CT molecular complexity index is 607. The van der Waals surface area contributed by atoms with Crippen molar-refractivity contribution < 1.29 is 23.1 Å². The number of benzene rings is 1. The van der Waals surface area contributed by atoms with Crippen LogP contribution in [0.4, 0.5) is 0 Å². The van der Waals surface area contributed by atoms with Crippen molar-refractivity contribution in [3.8, 4) is 5.75 Å². The molecule has 0 amide bonds. The number of ether oxygens (including phenoxy) is 1.